The Kier molecular flexibility index (Phi) is 7.72. The SMILES string of the molecule is CC(CCO)(NC(=O)CN1CCN(Cc2ccc(Br)cc2F)CC1)C(=O)O. The maximum absolute atomic E-state index is 14.0. The molecule has 27 heavy (non-hydrogen) atoms. The molecule has 1 aromatic rings. The summed E-state index contributed by atoms with van der Waals surface area (Å²) in [6.07, 6.45) is -0.0550. The molecule has 2 rings (SSSR count). The number of hydrogen-bond donors (Lipinski definition) is 3. The number of carboxylic acids is 1. The molecule has 150 valence electrons. The van der Waals surface area contributed by atoms with Crippen molar-refractivity contribution in [3.8, 4) is 0 Å². The van der Waals surface area contributed by atoms with Crippen molar-refractivity contribution in [3.05, 3.63) is 34.1 Å². The van der Waals surface area contributed by atoms with E-state index in [9.17, 15) is 19.1 Å². The molecule has 0 bridgehead atoms. The Morgan fingerprint density at radius 1 is 1.26 bits per heavy atom. The second-order valence-electron chi connectivity index (χ2n) is 6.95. The van der Waals surface area contributed by atoms with Crippen LogP contribution < -0.4 is 5.32 Å². The summed E-state index contributed by atoms with van der Waals surface area (Å²) in [6, 6.07) is 5.01. The molecule has 1 fully saturated rings. The van der Waals surface area contributed by atoms with Crippen LogP contribution in [0.3, 0.4) is 0 Å². The number of halogens is 2. The lowest BCUT2D eigenvalue weighted by Gasteiger charge is -2.35. The molecule has 0 radical (unpaired) electrons. The highest BCUT2D eigenvalue weighted by molar-refractivity contribution is 9.10. The van der Waals surface area contributed by atoms with Crippen molar-refractivity contribution in [1.29, 1.82) is 0 Å². The first-order valence-electron chi connectivity index (χ1n) is 8.77. The van der Waals surface area contributed by atoms with Crippen molar-refractivity contribution in [2.24, 2.45) is 0 Å². The highest BCUT2D eigenvalue weighted by Gasteiger charge is 2.34. The number of hydrogen-bond acceptors (Lipinski definition) is 5. The Balaban J connectivity index is 1.81. The molecule has 0 spiro atoms. The van der Waals surface area contributed by atoms with Gasteiger partial charge in [0.1, 0.15) is 11.4 Å². The summed E-state index contributed by atoms with van der Waals surface area (Å²) in [6.45, 7) is 4.31. The third-order valence-corrected chi connectivity index (χ3v) is 5.23. The Hall–Kier alpha value is -1.55. The molecule has 9 heteroatoms. The van der Waals surface area contributed by atoms with E-state index in [1.807, 2.05) is 11.0 Å². The van der Waals surface area contributed by atoms with Crippen molar-refractivity contribution in [2.45, 2.75) is 25.4 Å². The second kappa shape index (κ2) is 9.59. The van der Waals surface area contributed by atoms with Crippen molar-refractivity contribution in [1.82, 2.24) is 15.1 Å². The first-order valence-corrected chi connectivity index (χ1v) is 9.57. The van der Waals surface area contributed by atoms with Gasteiger partial charge in [0.25, 0.3) is 0 Å². The highest BCUT2D eigenvalue weighted by Crippen LogP contribution is 2.17. The molecule has 0 aromatic heterocycles. The van der Waals surface area contributed by atoms with E-state index in [1.54, 1.807) is 6.07 Å². The van der Waals surface area contributed by atoms with Crippen LogP contribution in [0.4, 0.5) is 4.39 Å². The Morgan fingerprint density at radius 2 is 1.89 bits per heavy atom. The molecule has 1 amide bonds. The second-order valence-corrected chi connectivity index (χ2v) is 7.86. The predicted molar refractivity (Wildman–Crippen MR) is 102 cm³/mol. The zero-order valence-corrected chi connectivity index (χ0v) is 16.8. The van der Waals surface area contributed by atoms with Crippen molar-refractivity contribution in [2.75, 3.05) is 39.3 Å². The topological polar surface area (TPSA) is 93.1 Å². The number of nitrogens with one attached hydrogen (secondary N) is 1. The molecule has 7 nitrogen and oxygen atoms in total. The molecule has 1 heterocycles. The minimum Gasteiger partial charge on any atom is -0.480 e. The van der Waals surface area contributed by atoms with E-state index in [1.165, 1.54) is 13.0 Å². The number of benzene rings is 1. The van der Waals surface area contributed by atoms with E-state index >= 15 is 0 Å². The minimum atomic E-state index is -1.48. The summed E-state index contributed by atoms with van der Waals surface area (Å²) < 4.78 is 14.7. The quantitative estimate of drug-likeness (QED) is 0.553. The molecular weight excluding hydrogens is 421 g/mol. The maximum Gasteiger partial charge on any atom is 0.329 e. The first-order chi connectivity index (χ1) is 12.7. The van der Waals surface area contributed by atoms with Crippen LogP contribution in [0.1, 0.15) is 18.9 Å². The number of nitrogens with zero attached hydrogens (tertiary/aromatic N) is 2. The van der Waals surface area contributed by atoms with Gasteiger partial charge in [-0.2, -0.15) is 0 Å². The smallest absolute Gasteiger partial charge is 0.329 e. The van der Waals surface area contributed by atoms with E-state index in [0.717, 1.165) is 0 Å². The van der Waals surface area contributed by atoms with Crippen LogP contribution in [0.5, 0.6) is 0 Å². The van der Waals surface area contributed by atoms with Gasteiger partial charge >= 0.3 is 5.97 Å². The average molecular weight is 446 g/mol. The molecule has 0 aliphatic carbocycles. The van der Waals surface area contributed by atoms with Crippen molar-refractivity contribution < 1.29 is 24.2 Å². The summed E-state index contributed by atoms with van der Waals surface area (Å²) in [7, 11) is 0. The fourth-order valence-electron chi connectivity index (χ4n) is 2.99. The number of amides is 1. The molecule has 1 atom stereocenters. The van der Waals surface area contributed by atoms with Gasteiger partial charge in [0.15, 0.2) is 0 Å². The normalized spacial score (nSPS) is 18.1. The minimum absolute atomic E-state index is 0.0550. The number of carbonyl (C=O) groups excluding carboxylic acids is 1. The zero-order chi connectivity index (χ0) is 20.0. The standard InChI is InChI=1S/C18H25BrFN3O4/c1-18(4-9-24,17(26)27)21-16(25)12-23-7-5-22(6-8-23)11-13-2-3-14(19)10-15(13)20/h2-3,10,24H,4-9,11-12H2,1H3,(H,21,25)(H,26,27). The Bertz CT molecular complexity index is 683. The summed E-state index contributed by atoms with van der Waals surface area (Å²) >= 11 is 3.24. The van der Waals surface area contributed by atoms with Crippen LogP contribution in [0.25, 0.3) is 0 Å². The monoisotopic (exact) mass is 445 g/mol. The third kappa shape index (κ3) is 6.24. The van der Waals surface area contributed by atoms with Crippen molar-refractivity contribution in [3.63, 3.8) is 0 Å². The van der Waals surface area contributed by atoms with Crippen LogP contribution in [-0.4, -0.2) is 76.8 Å². The van der Waals surface area contributed by atoms with Gasteiger partial charge in [-0.3, -0.25) is 14.6 Å². The molecule has 1 saturated heterocycles. The van der Waals surface area contributed by atoms with E-state index in [0.29, 0.717) is 42.8 Å². The molecule has 3 N–H and O–H groups in total. The van der Waals surface area contributed by atoms with Crippen LogP contribution in [0, 0.1) is 5.82 Å². The van der Waals surface area contributed by atoms with Crippen LogP contribution >= 0.6 is 15.9 Å². The molecule has 1 aliphatic rings. The fraction of sp³-hybridized carbons (Fsp3) is 0.556. The summed E-state index contributed by atoms with van der Waals surface area (Å²) in [4.78, 5) is 27.6. The number of aliphatic carboxylic acids is 1. The average Bonchev–Trinajstić information content (AvgIpc) is 2.59. The first kappa shape index (κ1) is 21.7. The highest BCUT2D eigenvalue weighted by atomic mass is 79.9. The molecule has 0 saturated carbocycles. The lowest BCUT2D eigenvalue weighted by molar-refractivity contribution is -0.147. The summed E-state index contributed by atoms with van der Waals surface area (Å²) in [5, 5.41) is 20.8. The lowest BCUT2D eigenvalue weighted by Crippen LogP contribution is -2.56. The van der Waals surface area contributed by atoms with Crippen LogP contribution in [0.2, 0.25) is 0 Å². The van der Waals surface area contributed by atoms with Crippen molar-refractivity contribution >= 4 is 27.8 Å². The number of carboxylic acid groups (broad SMARTS) is 1. The number of carbonyl (C=O) groups is 2. The predicted octanol–water partition coefficient (Wildman–Crippen LogP) is 1.05. The maximum atomic E-state index is 14.0. The van der Waals surface area contributed by atoms with Gasteiger partial charge in [-0.15, -0.1) is 0 Å². The van der Waals surface area contributed by atoms with Gasteiger partial charge < -0.3 is 15.5 Å². The summed E-state index contributed by atoms with van der Waals surface area (Å²) in [5.41, 5.74) is -0.849. The van der Waals surface area contributed by atoms with Crippen LogP contribution in [-0.2, 0) is 16.1 Å². The number of aliphatic hydroxyl groups is 1. The van der Waals surface area contributed by atoms with Gasteiger partial charge in [-0.1, -0.05) is 22.0 Å². The number of rotatable bonds is 8. The zero-order valence-electron chi connectivity index (χ0n) is 15.3. The lowest BCUT2D eigenvalue weighted by atomic mass is 9.98. The van der Waals surface area contributed by atoms with Gasteiger partial charge in [0, 0.05) is 55.8 Å². The van der Waals surface area contributed by atoms with Gasteiger partial charge in [-0.05, 0) is 19.1 Å². The van der Waals surface area contributed by atoms with Crippen LogP contribution in [0.15, 0.2) is 22.7 Å². The van der Waals surface area contributed by atoms with E-state index in [-0.39, 0.29) is 31.3 Å². The van der Waals surface area contributed by atoms with Gasteiger partial charge in [0.05, 0.1) is 6.54 Å². The molecule has 1 aromatic carbocycles. The van der Waals surface area contributed by atoms with E-state index in [4.69, 9.17) is 5.11 Å². The molecule has 1 unspecified atom stereocenters. The fourth-order valence-corrected chi connectivity index (χ4v) is 3.33. The third-order valence-electron chi connectivity index (χ3n) is 4.74. The van der Waals surface area contributed by atoms with Gasteiger partial charge in [0.2, 0.25) is 5.91 Å². The number of aliphatic hydroxyl groups excluding tert-OH is 1. The Labute approximate surface area is 166 Å². The number of piperazine rings is 1. The Morgan fingerprint density at radius 3 is 2.44 bits per heavy atom. The molecular formula is C18H25BrFN3O4. The largest absolute Gasteiger partial charge is 0.480 e. The van der Waals surface area contributed by atoms with E-state index in [2.05, 4.69) is 26.1 Å². The summed E-state index contributed by atoms with van der Waals surface area (Å²) in [5.74, 6) is -1.81. The van der Waals surface area contributed by atoms with Gasteiger partial charge in [-0.25, -0.2) is 9.18 Å². The molecule has 1 aliphatic heterocycles. The van der Waals surface area contributed by atoms with E-state index < -0.39 is 11.5 Å².